The molecule has 9 nitrogen and oxygen atoms in total. The maximum atomic E-state index is 12.9. The minimum Gasteiger partial charge on any atom is -0.394 e. The first kappa shape index (κ1) is 23.1. The number of nitrogens with zero attached hydrogens (tertiary/aromatic N) is 2. The maximum absolute atomic E-state index is 12.9. The summed E-state index contributed by atoms with van der Waals surface area (Å²) in [6, 6.07) is 0. The van der Waals surface area contributed by atoms with Gasteiger partial charge in [-0.05, 0) is 32.3 Å². The Bertz CT molecular complexity index is 812. The van der Waals surface area contributed by atoms with E-state index in [9.17, 15) is 24.9 Å². The van der Waals surface area contributed by atoms with Crippen LogP contribution < -0.4 is 0 Å². The fourth-order valence-electron chi connectivity index (χ4n) is 5.73. The topological polar surface area (TPSA) is 129 Å². The number of ether oxygens (including phenoxy) is 1. The van der Waals surface area contributed by atoms with Gasteiger partial charge in [0.05, 0.1) is 42.5 Å². The molecule has 32 heavy (non-hydrogen) atoms. The van der Waals surface area contributed by atoms with Gasteiger partial charge in [0.2, 0.25) is 11.8 Å². The van der Waals surface area contributed by atoms with E-state index in [1.165, 1.54) is 4.90 Å². The molecule has 2 aliphatic carbocycles. The van der Waals surface area contributed by atoms with Gasteiger partial charge >= 0.3 is 0 Å². The number of hydrogen-bond acceptors (Lipinski definition) is 8. The molecule has 2 amide bonds. The number of fused-ring (bicyclic) bond motifs is 3. The average Bonchev–Trinajstić information content (AvgIpc) is 3.04. The third-order valence-electron chi connectivity index (χ3n) is 7.29. The summed E-state index contributed by atoms with van der Waals surface area (Å²) < 4.78 is 5.80. The highest BCUT2D eigenvalue weighted by Gasteiger charge is 2.59. The highest BCUT2D eigenvalue weighted by molar-refractivity contribution is 6.06. The van der Waals surface area contributed by atoms with E-state index in [2.05, 4.69) is 11.7 Å². The molecular weight excluding hydrogens is 416 g/mol. The van der Waals surface area contributed by atoms with Crippen molar-refractivity contribution in [1.82, 2.24) is 4.90 Å². The summed E-state index contributed by atoms with van der Waals surface area (Å²) in [6.45, 7) is 5.51. The van der Waals surface area contributed by atoms with Crippen molar-refractivity contribution in [3.05, 3.63) is 24.8 Å². The van der Waals surface area contributed by atoms with Gasteiger partial charge in [0.15, 0.2) is 6.10 Å². The van der Waals surface area contributed by atoms with Crippen LogP contribution in [-0.2, 0) is 19.2 Å². The Morgan fingerprint density at radius 2 is 2.00 bits per heavy atom. The fraction of sp³-hybridized carbons (Fsp3) is 0.696. The standard InChI is InChI=1S/C23H32N2O7/c1-3-5-12-6-9-17(18(11-26)31-12)32-24-15-10-16(27)21(28)19-13(15)7-8-14-20(19)23(30)25(4-2)22(14)29/h3,6,9,12-14,16-21,26-28H,1,4-5,7-8,10-11H2,2H3/b24-15+/t12-,13+,14-,16-,17+,18-,19+,20-,21-/m1/s1. The molecule has 9 atom stereocenters. The molecule has 0 aromatic carbocycles. The number of oxime groups is 1. The highest BCUT2D eigenvalue weighted by Crippen LogP contribution is 2.49. The van der Waals surface area contributed by atoms with E-state index >= 15 is 0 Å². The Hall–Kier alpha value is -2.07. The lowest BCUT2D eigenvalue weighted by Gasteiger charge is -2.45. The number of carbonyl (C=O) groups is 2. The van der Waals surface area contributed by atoms with E-state index in [-0.39, 0.29) is 36.9 Å². The van der Waals surface area contributed by atoms with Gasteiger partial charge in [0.25, 0.3) is 0 Å². The van der Waals surface area contributed by atoms with Crippen molar-refractivity contribution in [2.75, 3.05) is 13.2 Å². The SMILES string of the molecule is C=CC[C@@H]1C=C[C@H](O/N=C2\C[C@@H](O)[C@@H](O)[C@@H]3[C@@H]4C(=O)N(CC)C(=O)[C@@H]4CC[C@@H]23)[C@@H](CO)O1. The molecule has 2 saturated carbocycles. The largest absolute Gasteiger partial charge is 0.394 e. The number of carbonyl (C=O) groups excluding carboxylic acids is 2. The highest BCUT2D eigenvalue weighted by atomic mass is 16.7. The molecule has 4 rings (SSSR count). The Morgan fingerprint density at radius 1 is 1.25 bits per heavy atom. The number of amides is 2. The predicted octanol–water partition coefficient (Wildman–Crippen LogP) is 0.392. The molecule has 9 heteroatoms. The quantitative estimate of drug-likeness (QED) is 0.305. The third-order valence-corrected chi connectivity index (χ3v) is 7.29. The molecule has 2 heterocycles. The molecule has 2 aliphatic heterocycles. The molecule has 176 valence electrons. The fourth-order valence-corrected chi connectivity index (χ4v) is 5.73. The summed E-state index contributed by atoms with van der Waals surface area (Å²) in [5.74, 6) is -2.43. The Balaban J connectivity index is 1.55. The molecular formula is C23H32N2O7. The summed E-state index contributed by atoms with van der Waals surface area (Å²) in [4.78, 5) is 32.6. The van der Waals surface area contributed by atoms with Crippen LogP contribution in [-0.4, -0.2) is 81.4 Å². The minimum atomic E-state index is -1.11. The molecule has 0 unspecified atom stereocenters. The number of imide groups is 1. The van der Waals surface area contributed by atoms with E-state index in [4.69, 9.17) is 9.57 Å². The van der Waals surface area contributed by atoms with Gasteiger partial charge in [-0.25, -0.2) is 0 Å². The molecule has 3 fully saturated rings. The summed E-state index contributed by atoms with van der Waals surface area (Å²) in [5.41, 5.74) is 0.569. The van der Waals surface area contributed by atoms with Crippen LogP contribution in [0.1, 0.15) is 32.6 Å². The van der Waals surface area contributed by atoms with Gasteiger partial charge < -0.3 is 24.9 Å². The van der Waals surface area contributed by atoms with Crippen LogP contribution in [0, 0.1) is 23.7 Å². The number of hydrogen-bond donors (Lipinski definition) is 3. The Morgan fingerprint density at radius 3 is 2.69 bits per heavy atom. The van der Waals surface area contributed by atoms with Crippen molar-refractivity contribution in [3.63, 3.8) is 0 Å². The number of likely N-dealkylation sites (tertiary alicyclic amines) is 1. The molecule has 0 aromatic rings. The zero-order valence-electron chi connectivity index (χ0n) is 18.2. The second-order valence-corrected chi connectivity index (χ2v) is 9.03. The van der Waals surface area contributed by atoms with Crippen molar-refractivity contribution in [2.45, 2.75) is 63.1 Å². The van der Waals surface area contributed by atoms with Crippen molar-refractivity contribution < 1.29 is 34.5 Å². The molecule has 0 bridgehead atoms. The summed E-state index contributed by atoms with van der Waals surface area (Å²) in [6.07, 6.45) is 3.65. The van der Waals surface area contributed by atoms with Gasteiger partial charge in [-0.3, -0.25) is 14.5 Å². The molecule has 0 aromatic heterocycles. The Labute approximate surface area is 187 Å². The maximum Gasteiger partial charge on any atom is 0.233 e. The first-order chi connectivity index (χ1) is 15.4. The number of aliphatic hydroxyl groups excluding tert-OH is 3. The van der Waals surface area contributed by atoms with Gasteiger partial charge in [-0.15, -0.1) is 6.58 Å². The van der Waals surface area contributed by atoms with Gasteiger partial charge in [-0.1, -0.05) is 17.3 Å². The first-order valence-electron chi connectivity index (χ1n) is 11.4. The van der Waals surface area contributed by atoms with Gasteiger partial charge in [-0.2, -0.15) is 0 Å². The van der Waals surface area contributed by atoms with Crippen molar-refractivity contribution >= 4 is 17.5 Å². The van der Waals surface area contributed by atoms with E-state index in [1.54, 1.807) is 19.1 Å². The summed E-state index contributed by atoms with van der Waals surface area (Å²) >= 11 is 0. The zero-order chi connectivity index (χ0) is 23.0. The lowest BCUT2D eigenvalue weighted by molar-refractivity contribution is -0.141. The van der Waals surface area contributed by atoms with Crippen LogP contribution >= 0.6 is 0 Å². The number of rotatable bonds is 6. The number of aliphatic hydroxyl groups is 3. The van der Waals surface area contributed by atoms with E-state index < -0.39 is 42.2 Å². The molecule has 1 saturated heterocycles. The van der Waals surface area contributed by atoms with Crippen LogP contribution in [0.5, 0.6) is 0 Å². The van der Waals surface area contributed by atoms with Crippen LogP contribution in [0.2, 0.25) is 0 Å². The molecule has 0 spiro atoms. The normalized spacial score (nSPS) is 42.7. The molecule has 0 radical (unpaired) electrons. The zero-order valence-corrected chi connectivity index (χ0v) is 18.2. The third kappa shape index (κ3) is 3.91. The van der Waals surface area contributed by atoms with Crippen molar-refractivity contribution in [2.24, 2.45) is 28.8 Å². The summed E-state index contributed by atoms with van der Waals surface area (Å²) in [7, 11) is 0. The van der Waals surface area contributed by atoms with Crippen LogP contribution in [0.25, 0.3) is 0 Å². The molecule has 4 aliphatic rings. The smallest absolute Gasteiger partial charge is 0.233 e. The molecule has 3 N–H and O–H groups in total. The van der Waals surface area contributed by atoms with Crippen LogP contribution in [0.3, 0.4) is 0 Å². The van der Waals surface area contributed by atoms with E-state index in [0.29, 0.717) is 31.5 Å². The second-order valence-electron chi connectivity index (χ2n) is 9.03. The predicted molar refractivity (Wildman–Crippen MR) is 114 cm³/mol. The van der Waals surface area contributed by atoms with Crippen molar-refractivity contribution in [3.8, 4) is 0 Å². The second kappa shape index (κ2) is 9.43. The van der Waals surface area contributed by atoms with Crippen molar-refractivity contribution in [1.29, 1.82) is 0 Å². The van der Waals surface area contributed by atoms with Gasteiger partial charge in [0, 0.05) is 24.8 Å². The summed E-state index contributed by atoms with van der Waals surface area (Å²) in [5, 5.41) is 35.3. The lowest BCUT2D eigenvalue weighted by Crippen LogP contribution is -2.54. The van der Waals surface area contributed by atoms with Gasteiger partial charge in [0.1, 0.15) is 6.10 Å². The van der Waals surface area contributed by atoms with E-state index in [1.807, 2.05) is 6.08 Å². The van der Waals surface area contributed by atoms with E-state index in [0.717, 1.165) is 0 Å². The monoisotopic (exact) mass is 448 g/mol. The Kier molecular flexibility index (Phi) is 6.80. The van der Waals surface area contributed by atoms with Crippen LogP contribution in [0.4, 0.5) is 0 Å². The lowest BCUT2D eigenvalue weighted by atomic mass is 9.60. The van der Waals surface area contributed by atoms with Crippen LogP contribution in [0.15, 0.2) is 30.0 Å². The average molecular weight is 449 g/mol. The minimum absolute atomic E-state index is 0.125. The first-order valence-corrected chi connectivity index (χ1v) is 11.4.